The largest absolute Gasteiger partial charge is 0.497 e. The first kappa shape index (κ1) is 15.3. The van der Waals surface area contributed by atoms with Crippen molar-refractivity contribution in [3.63, 3.8) is 0 Å². The predicted molar refractivity (Wildman–Crippen MR) is 84.3 cm³/mol. The molecule has 22 heavy (non-hydrogen) atoms. The summed E-state index contributed by atoms with van der Waals surface area (Å²) in [6, 6.07) is 7.32. The average Bonchev–Trinajstić information content (AvgIpc) is 2.54. The van der Waals surface area contributed by atoms with Crippen LogP contribution in [0.2, 0.25) is 0 Å². The lowest BCUT2D eigenvalue weighted by Crippen LogP contribution is -2.59. The molecule has 1 amide bonds. The molecule has 2 aliphatic rings. The number of hydrogen-bond acceptors (Lipinski definition) is 4. The summed E-state index contributed by atoms with van der Waals surface area (Å²) in [6.07, 6.45) is 2.03. The molecule has 5 nitrogen and oxygen atoms in total. The highest BCUT2D eigenvalue weighted by Crippen LogP contribution is 2.29. The van der Waals surface area contributed by atoms with Gasteiger partial charge in [-0.05, 0) is 44.2 Å². The molecule has 0 aromatic heterocycles. The molecule has 5 heteroatoms. The quantitative estimate of drug-likeness (QED) is 0.833. The summed E-state index contributed by atoms with van der Waals surface area (Å²) in [5.41, 5.74) is 0.523. The Morgan fingerprint density at radius 1 is 1.23 bits per heavy atom. The van der Waals surface area contributed by atoms with Crippen molar-refractivity contribution in [3.8, 4) is 5.75 Å². The summed E-state index contributed by atoms with van der Waals surface area (Å²) in [4.78, 5) is 17.0. The SMILES string of the molecule is COc1ccc(C(=O)N2CCCC3(CN(C)CCO3)C2)cc1. The summed E-state index contributed by atoms with van der Waals surface area (Å²) in [6.45, 7) is 4.11. The summed E-state index contributed by atoms with van der Waals surface area (Å²) in [5.74, 6) is 0.849. The Balaban J connectivity index is 1.72. The molecule has 2 aliphatic heterocycles. The van der Waals surface area contributed by atoms with E-state index >= 15 is 0 Å². The number of morpholine rings is 1. The number of methoxy groups -OCH3 is 1. The van der Waals surface area contributed by atoms with Crippen LogP contribution in [0, 0.1) is 0 Å². The lowest BCUT2D eigenvalue weighted by atomic mass is 9.90. The molecule has 2 heterocycles. The van der Waals surface area contributed by atoms with Gasteiger partial charge in [-0.3, -0.25) is 4.79 Å². The second-order valence-electron chi connectivity index (χ2n) is 6.33. The van der Waals surface area contributed by atoms with E-state index in [1.165, 1.54) is 0 Å². The van der Waals surface area contributed by atoms with Crippen molar-refractivity contribution in [2.75, 3.05) is 46.9 Å². The van der Waals surface area contributed by atoms with Gasteiger partial charge in [0.25, 0.3) is 5.91 Å². The minimum absolute atomic E-state index is 0.0820. The fourth-order valence-electron chi connectivity index (χ4n) is 3.47. The van der Waals surface area contributed by atoms with E-state index in [0.717, 1.165) is 44.8 Å². The van der Waals surface area contributed by atoms with E-state index in [0.29, 0.717) is 12.1 Å². The molecular weight excluding hydrogens is 280 g/mol. The number of likely N-dealkylation sites (N-methyl/N-ethyl adjacent to an activating group) is 1. The first-order valence-electron chi connectivity index (χ1n) is 7.88. The first-order valence-corrected chi connectivity index (χ1v) is 7.88. The van der Waals surface area contributed by atoms with Gasteiger partial charge in [-0.1, -0.05) is 0 Å². The zero-order chi connectivity index (χ0) is 15.6. The van der Waals surface area contributed by atoms with E-state index in [4.69, 9.17) is 9.47 Å². The van der Waals surface area contributed by atoms with Gasteiger partial charge in [-0.2, -0.15) is 0 Å². The predicted octanol–water partition coefficient (Wildman–Crippen LogP) is 1.63. The van der Waals surface area contributed by atoms with E-state index in [1.807, 2.05) is 29.2 Å². The third kappa shape index (κ3) is 3.10. The van der Waals surface area contributed by atoms with Gasteiger partial charge in [-0.25, -0.2) is 0 Å². The van der Waals surface area contributed by atoms with Gasteiger partial charge in [0, 0.05) is 25.2 Å². The molecule has 1 atom stereocenters. The number of hydrogen-bond donors (Lipinski definition) is 0. The summed E-state index contributed by atoms with van der Waals surface area (Å²) in [7, 11) is 3.75. The maximum Gasteiger partial charge on any atom is 0.253 e. The number of ether oxygens (including phenoxy) is 2. The Bertz CT molecular complexity index is 527. The van der Waals surface area contributed by atoms with Crippen molar-refractivity contribution in [2.45, 2.75) is 18.4 Å². The second-order valence-corrected chi connectivity index (χ2v) is 6.33. The summed E-state index contributed by atoms with van der Waals surface area (Å²) >= 11 is 0. The molecule has 2 saturated heterocycles. The highest BCUT2D eigenvalue weighted by molar-refractivity contribution is 5.94. The maximum atomic E-state index is 12.7. The third-order valence-electron chi connectivity index (χ3n) is 4.60. The topological polar surface area (TPSA) is 42.0 Å². The normalized spacial score (nSPS) is 26.2. The molecule has 2 fully saturated rings. The van der Waals surface area contributed by atoms with Crippen LogP contribution in [-0.2, 0) is 4.74 Å². The summed E-state index contributed by atoms with van der Waals surface area (Å²) < 4.78 is 11.2. The molecular formula is C17H24N2O3. The third-order valence-corrected chi connectivity index (χ3v) is 4.60. The standard InChI is InChI=1S/C17H24N2O3/c1-18-10-11-22-17(12-18)8-3-9-19(13-17)16(20)14-4-6-15(21-2)7-5-14/h4-7H,3,8-13H2,1-2H3. The molecule has 1 aromatic carbocycles. The lowest BCUT2D eigenvalue weighted by Gasteiger charge is -2.47. The van der Waals surface area contributed by atoms with Gasteiger partial charge < -0.3 is 19.3 Å². The van der Waals surface area contributed by atoms with Crippen molar-refractivity contribution in [1.82, 2.24) is 9.80 Å². The van der Waals surface area contributed by atoms with Gasteiger partial charge in [0.1, 0.15) is 5.75 Å². The van der Waals surface area contributed by atoms with Gasteiger partial charge in [0.05, 0.1) is 25.9 Å². The molecule has 0 saturated carbocycles. The molecule has 3 rings (SSSR count). The fourth-order valence-corrected chi connectivity index (χ4v) is 3.47. The van der Waals surface area contributed by atoms with Gasteiger partial charge >= 0.3 is 0 Å². The average molecular weight is 304 g/mol. The van der Waals surface area contributed by atoms with Gasteiger partial charge in [0.2, 0.25) is 0 Å². The monoisotopic (exact) mass is 304 g/mol. The highest BCUT2D eigenvalue weighted by atomic mass is 16.5. The van der Waals surface area contributed by atoms with Crippen LogP contribution in [0.5, 0.6) is 5.75 Å². The Morgan fingerprint density at radius 3 is 2.68 bits per heavy atom. The Labute approximate surface area is 131 Å². The Hall–Kier alpha value is -1.59. The molecule has 0 N–H and O–H groups in total. The van der Waals surface area contributed by atoms with Crippen molar-refractivity contribution in [1.29, 1.82) is 0 Å². The van der Waals surface area contributed by atoms with E-state index in [-0.39, 0.29) is 11.5 Å². The van der Waals surface area contributed by atoms with Crippen LogP contribution in [0.3, 0.4) is 0 Å². The number of benzene rings is 1. The van der Waals surface area contributed by atoms with Gasteiger partial charge in [0.15, 0.2) is 0 Å². The van der Waals surface area contributed by atoms with Crippen LogP contribution in [0.25, 0.3) is 0 Å². The molecule has 1 spiro atoms. The van der Waals surface area contributed by atoms with E-state index in [2.05, 4.69) is 11.9 Å². The molecule has 0 radical (unpaired) electrons. The van der Waals surface area contributed by atoms with Crippen molar-refractivity contribution < 1.29 is 14.3 Å². The van der Waals surface area contributed by atoms with Crippen LogP contribution in [0.15, 0.2) is 24.3 Å². The number of amides is 1. The van der Waals surface area contributed by atoms with Crippen LogP contribution in [0.1, 0.15) is 23.2 Å². The number of rotatable bonds is 2. The first-order chi connectivity index (χ1) is 10.6. The van der Waals surface area contributed by atoms with Crippen LogP contribution in [-0.4, -0.2) is 68.3 Å². The smallest absolute Gasteiger partial charge is 0.253 e. The van der Waals surface area contributed by atoms with Crippen LogP contribution in [0.4, 0.5) is 0 Å². The number of likely N-dealkylation sites (tertiary alicyclic amines) is 1. The maximum absolute atomic E-state index is 12.7. The number of carbonyl (C=O) groups is 1. The Morgan fingerprint density at radius 2 is 2.00 bits per heavy atom. The fraction of sp³-hybridized carbons (Fsp3) is 0.588. The summed E-state index contributed by atoms with van der Waals surface area (Å²) in [5, 5.41) is 0. The Kier molecular flexibility index (Phi) is 4.36. The van der Waals surface area contributed by atoms with Crippen LogP contribution < -0.4 is 4.74 Å². The molecule has 0 aliphatic carbocycles. The zero-order valence-corrected chi connectivity index (χ0v) is 13.4. The second kappa shape index (κ2) is 6.26. The highest BCUT2D eigenvalue weighted by Gasteiger charge is 2.41. The number of carbonyl (C=O) groups excluding carboxylic acids is 1. The van der Waals surface area contributed by atoms with E-state index in [1.54, 1.807) is 7.11 Å². The zero-order valence-electron chi connectivity index (χ0n) is 13.4. The number of nitrogens with zero attached hydrogens (tertiary/aromatic N) is 2. The molecule has 120 valence electrons. The van der Waals surface area contributed by atoms with Gasteiger partial charge in [-0.15, -0.1) is 0 Å². The number of piperidine rings is 1. The molecule has 1 unspecified atom stereocenters. The van der Waals surface area contributed by atoms with Crippen molar-refractivity contribution >= 4 is 5.91 Å². The van der Waals surface area contributed by atoms with Crippen molar-refractivity contribution in [2.24, 2.45) is 0 Å². The minimum atomic E-state index is -0.187. The van der Waals surface area contributed by atoms with Crippen LogP contribution >= 0.6 is 0 Å². The molecule has 1 aromatic rings. The van der Waals surface area contributed by atoms with E-state index in [9.17, 15) is 4.79 Å². The minimum Gasteiger partial charge on any atom is -0.497 e. The van der Waals surface area contributed by atoms with Crippen molar-refractivity contribution in [3.05, 3.63) is 29.8 Å². The van der Waals surface area contributed by atoms with E-state index < -0.39 is 0 Å². The molecule has 0 bridgehead atoms. The lowest BCUT2D eigenvalue weighted by molar-refractivity contribution is -0.129.